The predicted molar refractivity (Wildman–Crippen MR) is 145 cm³/mol. The van der Waals surface area contributed by atoms with Gasteiger partial charge in [0.1, 0.15) is 16.4 Å². The number of aliphatic imine (C=N–C) groups is 1. The SMILES string of the molecule is CCOC(=O)C1=C(O)/C(=C/c2cc(C)n(-c3ccc(C)cc3)c2C)SC1=NC(=O)c1ccccc1C. The monoisotopic (exact) mass is 500 g/mol. The molecule has 36 heavy (non-hydrogen) atoms. The normalized spacial score (nSPS) is 15.7. The van der Waals surface area contributed by atoms with E-state index in [1.54, 1.807) is 19.1 Å². The number of aliphatic hydroxyl groups excluding tert-OH is 1. The first kappa shape index (κ1) is 25.3. The first-order valence-corrected chi connectivity index (χ1v) is 12.5. The molecule has 0 saturated heterocycles. The summed E-state index contributed by atoms with van der Waals surface area (Å²) in [6.45, 7) is 9.71. The number of amides is 1. The van der Waals surface area contributed by atoms with Crippen LogP contribution in [0.3, 0.4) is 0 Å². The van der Waals surface area contributed by atoms with E-state index in [-0.39, 0.29) is 23.0 Å². The lowest BCUT2D eigenvalue weighted by Crippen LogP contribution is -2.14. The van der Waals surface area contributed by atoms with E-state index in [9.17, 15) is 14.7 Å². The Balaban J connectivity index is 1.76. The van der Waals surface area contributed by atoms with Gasteiger partial charge in [-0.25, -0.2) is 9.79 Å². The van der Waals surface area contributed by atoms with Crippen LogP contribution in [-0.4, -0.2) is 33.2 Å². The molecule has 4 rings (SSSR count). The Labute approximate surface area is 215 Å². The molecule has 0 radical (unpaired) electrons. The number of aromatic nitrogens is 1. The van der Waals surface area contributed by atoms with E-state index >= 15 is 0 Å². The third-order valence-corrected chi connectivity index (χ3v) is 7.02. The van der Waals surface area contributed by atoms with Crippen molar-refractivity contribution in [2.75, 3.05) is 6.61 Å². The molecule has 2 heterocycles. The minimum absolute atomic E-state index is 0.0950. The fourth-order valence-corrected chi connectivity index (χ4v) is 5.13. The van der Waals surface area contributed by atoms with Gasteiger partial charge in [-0.1, -0.05) is 47.7 Å². The third kappa shape index (κ3) is 4.93. The highest BCUT2D eigenvalue weighted by Crippen LogP contribution is 2.40. The lowest BCUT2D eigenvalue weighted by molar-refractivity contribution is -0.138. The number of hydrogen-bond acceptors (Lipinski definition) is 5. The van der Waals surface area contributed by atoms with Crippen LogP contribution in [0.1, 0.15) is 45.4 Å². The van der Waals surface area contributed by atoms with Crippen LogP contribution in [0, 0.1) is 27.7 Å². The van der Waals surface area contributed by atoms with Gasteiger partial charge in [-0.05, 0) is 76.1 Å². The van der Waals surface area contributed by atoms with Crippen molar-refractivity contribution in [3.8, 4) is 5.69 Å². The van der Waals surface area contributed by atoms with Gasteiger partial charge >= 0.3 is 5.97 Å². The minimum Gasteiger partial charge on any atom is -0.506 e. The van der Waals surface area contributed by atoms with Crippen LogP contribution >= 0.6 is 11.8 Å². The Bertz CT molecular complexity index is 1440. The maximum atomic E-state index is 12.9. The Morgan fingerprint density at radius 2 is 1.75 bits per heavy atom. The van der Waals surface area contributed by atoms with Crippen molar-refractivity contribution >= 4 is 34.8 Å². The highest BCUT2D eigenvalue weighted by molar-refractivity contribution is 8.18. The highest BCUT2D eigenvalue weighted by atomic mass is 32.2. The van der Waals surface area contributed by atoms with Gasteiger partial charge in [0.25, 0.3) is 5.91 Å². The quantitative estimate of drug-likeness (QED) is 0.409. The lowest BCUT2D eigenvalue weighted by atomic mass is 10.1. The van der Waals surface area contributed by atoms with Crippen molar-refractivity contribution in [3.63, 3.8) is 0 Å². The summed E-state index contributed by atoms with van der Waals surface area (Å²) >= 11 is 1.08. The summed E-state index contributed by atoms with van der Waals surface area (Å²) in [4.78, 5) is 30.3. The van der Waals surface area contributed by atoms with Crippen LogP contribution < -0.4 is 0 Å². The van der Waals surface area contributed by atoms with Crippen LogP contribution in [0.15, 0.2) is 75.8 Å². The van der Waals surface area contributed by atoms with Gasteiger partial charge in [0.2, 0.25) is 0 Å². The first-order valence-electron chi connectivity index (χ1n) is 11.7. The van der Waals surface area contributed by atoms with E-state index in [1.165, 1.54) is 5.56 Å². The number of nitrogens with zero attached hydrogens (tertiary/aromatic N) is 2. The van der Waals surface area contributed by atoms with Crippen LogP contribution in [0.2, 0.25) is 0 Å². The van der Waals surface area contributed by atoms with Crippen LogP contribution in [-0.2, 0) is 9.53 Å². The molecule has 1 aliphatic rings. The van der Waals surface area contributed by atoms with E-state index in [1.807, 2.05) is 52.0 Å². The van der Waals surface area contributed by atoms with Gasteiger partial charge in [0, 0.05) is 22.6 Å². The summed E-state index contributed by atoms with van der Waals surface area (Å²) in [6, 6.07) is 17.4. The molecule has 0 aliphatic carbocycles. The number of aryl methyl sites for hydroxylation is 3. The maximum Gasteiger partial charge on any atom is 0.344 e. The average Bonchev–Trinajstić information content (AvgIpc) is 3.29. The summed E-state index contributed by atoms with van der Waals surface area (Å²) in [5, 5.41) is 11.1. The topological polar surface area (TPSA) is 80.9 Å². The Kier molecular flexibility index (Phi) is 7.31. The van der Waals surface area contributed by atoms with Crippen LogP contribution in [0.4, 0.5) is 0 Å². The van der Waals surface area contributed by atoms with Crippen molar-refractivity contribution in [1.29, 1.82) is 0 Å². The number of ether oxygens (including phenoxy) is 1. The number of carbonyl (C=O) groups is 2. The predicted octanol–water partition coefficient (Wildman–Crippen LogP) is 6.41. The van der Waals surface area contributed by atoms with E-state index < -0.39 is 11.9 Å². The zero-order valence-electron chi connectivity index (χ0n) is 21.0. The second-order valence-electron chi connectivity index (χ2n) is 8.59. The van der Waals surface area contributed by atoms with Crippen molar-refractivity contribution in [1.82, 2.24) is 4.57 Å². The molecular weight excluding hydrogens is 472 g/mol. The van der Waals surface area contributed by atoms with E-state index in [0.29, 0.717) is 10.5 Å². The number of hydrogen-bond donors (Lipinski definition) is 1. The molecule has 0 spiro atoms. The molecule has 2 aromatic carbocycles. The molecule has 1 aliphatic heterocycles. The molecule has 0 atom stereocenters. The summed E-state index contributed by atoms with van der Waals surface area (Å²) in [5.41, 5.74) is 6.24. The maximum absolute atomic E-state index is 12.9. The molecule has 1 amide bonds. The molecule has 0 saturated carbocycles. The van der Waals surface area contributed by atoms with Crippen molar-refractivity contribution in [2.45, 2.75) is 34.6 Å². The number of esters is 1. The first-order chi connectivity index (χ1) is 17.2. The Morgan fingerprint density at radius 1 is 1.06 bits per heavy atom. The smallest absolute Gasteiger partial charge is 0.344 e. The van der Waals surface area contributed by atoms with Crippen molar-refractivity contribution in [2.24, 2.45) is 4.99 Å². The number of rotatable bonds is 5. The molecule has 1 N–H and O–H groups in total. The largest absolute Gasteiger partial charge is 0.506 e. The molecule has 3 aromatic rings. The van der Waals surface area contributed by atoms with Crippen molar-refractivity contribution in [3.05, 3.63) is 104 Å². The molecule has 184 valence electrons. The van der Waals surface area contributed by atoms with Gasteiger partial charge in [-0.3, -0.25) is 4.79 Å². The van der Waals surface area contributed by atoms with Gasteiger partial charge < -0.3 is 14.4 Å². The molecule has 0 bridgehead atoms. The lowest BCUT2D eigenvalue weighted by Gasteiger charge is -2.10. The zero-order chi connectivity index (χ0) is 26.0. The minimum atomic E-state index is -0.715. The summed E-state index contributed by atoms with van der Waals surface area (Å²) in [7, 11) is 0. The van der Waals surface area contributed by atoms with E-state index in [2.05, 4.69) is 33.8 Å². The number of carbonyl (C=O) groups excluding carboxylic acids is 2. The zero-order valence-corrected chi connectivity index (χ0v) is 21.8. The second kappa shape index (κ2) is 10.4. The van der Waals surface area contributed by atoms with Gasteiger partial charge in [0.05, 0.1) is 11.5 Å². The summed E-state index contributed by atoms with van der Waals surface area (Å²) in [5.74, 6) is -1.44. The van der Waals surface area contributed by atoms with Gasteiger partial charge in [-0.15, -0.1) is 0 Å². The fourth-order valence-electron chi connectivity index (χ4n) is 4.12. The Morgan fingerprint density at radius 3 is 2.42 bits per heavy atom. The van der Waals surface area contributed by atoms with Gasteiger partial charge in [0.15, 0.2) is 0 Å². The molecule has 7 heteroatoms. The molecule has 1 aromatic heterocycles. The summed E-state index contributed by atoms with van der Waals surface area (Å²) < 4.78 is 7.29. The van der Waals surface area contributed by atoms with Gasteiger partial charge in [-0.2, -0.15) is 0 Å². The average molecular weight is 501 g/mol. The summed E-state index contributed by atoms with van der Waals surface area (Å²) in [6.07, 6.45) is 1.81. The highest BCUT2D eigenvalue weighted by Gasteiger charge is 2.34. The Hall–Kier alpha value is -3.84. The number of benzene rings is 2. The standard InChI is InChI=1S/C29H28N2O4S/c1-6-35-29(34)25-26(32)24(36-28(25)30-27(33)23-10-8-7-9-18(23)3)16-21-15-19(4)31(20(21)5)22-13-11-17(2)12-14-22/h7-16,32H,6H2,1-5H3/b24-16-,30-28?. The molecule has 0 unspecified atom stereocenters. The van der Waals surface area contributed by atoms with E-state index in [0.717, 1.165) is 40.0 Å². The number of thioether (sulfide) groups is 1. The third-order valence-electron chi connectivity index (χ3n) is 6.00. The second-order valence-corrected chi connectivity index (χ2v) is 9.62. The van der Waals surface area contributed by atoms with Crippen LogP contribution in [0.5, 0.6) is 0 Å². The fraction of sp³-hybridized carbons (Fsp3) is 0.207. The van der Waals surface area contributed by atoms with E-state index in [4.69, 9.17) is 4.74 Å². The van der Waals surface area contributed by atoms with Crippen LogP contribution in [0.25, 0.3) is 11.8 Å². The number of aliphatic hydroxyl groups is 1. The molecular formula is C29H28N2O4S. The molecule has 6 nitrogen and oxygen atoms in total. The van der Waals surface area contributed by atoms with Crippen molar-refractivity contribution < 1.29 is 19.4 Å². The molecule has 0 fully saturated rings.